The lowest BCUT2D eigenvalue weighted by molar-refractivity contribution is -0.117. The number of aromatic amines is 1. The molecule has 3 atom stereocenters. The van der Waals surface area contributed by atoms with Crippen molar-refractivity contribution in [3.05, 3.63) is 51.3 Å². The van der Waals surface area contributed by atoms with E-state index in [0.717, 1.165) is 36.2 Å². The first-order chi connectivity index (χ1) is 15.0. The number of aromatic nitrogens is 2. The summed E-state index contributed by atoms with van der Waals surface area (Å²) in [6.07, 6.45) is 3.66. The highest BCUT2D eigenvalue weighted by Crippen LogP contribution is 2.47. The summed E-state index contributed by atoms with van der Waals surface area (Å²) in [4.78, 5) is 11.8. The Morgan fingerprint density at radius 3 is 2.65 bits per heavy atom. The van der Waals surface area contributed by atoms with Crippen LogP contribution in [0.5, 0.6) is 11.5 Å². The standard InChI is InChI=1S/C22H25Cl2N3O4/c1-4-18(28)25-15-10-31-9-13(15)22-12-6-5-11(7-14(12)26-27-22)19-20(23)16(29-2)8-17(30-3)21(19)24/h4,8,11,13,15H,1,5-7,9-10H2,2-3H3,(H,25,28)(H,26,27)/t11-,13-,15+/m1/s1. The van der Waals surface area contributed by atoms with Crippen molar-refractivity contribution in [2.75, 3.05) is 27.4 Å². The van der Waals surface area contributed by atoms with Crippen LogP contribution in [-0.2, 0) is 22.4 Å². The number of ether oxygens (including phenoxy) is 3. The van der Waals surface area contributed by atoms with E-state index in [4.69, 9.17) is 37.4 Å². The largest absolute Gasteiger partial charge is 0.495 e. The molecule has 2 heterocycles. The molecule has 31 heavy (non-hydrogen) atoms. The van der Waals surface area contributed by atoms with Gasteiger partial charge in [-0.25, -0.2) is 0 Å². The number of rotatable bonds is 6. The van der Waals surface area contributed by atoms with Crippen LogP contribution in [0.1, 0.15) is 40.8 Å². The Morgan fingerprint density at radius 1 is 1.29 bits per heavy atom. The number of H-pyrrole nitrogens is 1. The quantitative estimate of drug-likeness (QED) is 0.633. The van der Waals surface area contributed by atoms with Crippen molar-refractivity contribution < 1.29 is 19.0 Å². The van der Waals surface area contributed by atoms with E-state index < -0.39 is 0 Å². The van der Waals surface area contributed by atoms with E-state index in [0.29, 0.717) is 34.8 Å². The number of amides is 1. The molecule has 1 aromatic carbocycles. The average Bonchev–Trinajstić information content (AvgIpc) is 3.40. The number of nitrogens with one attached hydrogen (secondary N) is 2. The maximum absolute atomic E-state index is 11.8. The SMILES string of the molecule is C=CC(=O)N[C@H]1COC[C@H]1c1n[nH]c2c1CC[C@@H](c1c(Cl)c(OC)cc(OC)c1Cl)C2. The maximum atomic E-state index is 11.8. The molecular formula is C22H25Cl2N3O4. The average molecular weight is 466 g/mol. The maximum Gasteiger partial charge on any atom is 0.243 e. The van der Waals surface area contributed by atoms with Crippen molar-refractivity contribution in [2.24, 2.45) is 0 Å². The number of benzene rings is 1. The van der Waals surface area contributed by atoms with E-state index in [9.17, 15) is 4.79 Å². The van der Waals surface area contributed by atoms with Crippen molar-refractivity contribution in [1.82, 2.24) is 15.5 Å². The second-order valence-electron chi connectivity index (χ2n) is 7.79. The fourth-order valence-electron chi connectivity index (χ4n) is 4.56. The molecule has 2 aromatic rings. The van der Waals surface area contributed by atoms with Crippen molar-refractivity contribution in [3.8, 4) is 11.5 Å². The van der Waals surface area contributed by atoms with Crippen LogP contribution in [0, 0.1) is 0 Å². The molecule has 9 heteroatoms. The molecule has 0 radical (unpaired) electrons. The molecule has 1 saturated heterocycles. The summed E-state index contributed by atoms with van der Waals surface area (Å²) in [5, 5.41) is 11.8. The van der Waals surface area contributed by atoms with E-state index in [1.54, 1.807) is 20.3 Å². The van der Waals surface area contributed by atoms with Crippen LogP contribution in [0.2, 0.25) is 10.0 Å². The van der Waals surface area contributed by atoms with Gasteiger partial charge in [0, 0.05) is 23.2 Å². The number of hydrogen-bond donors (Lipinski definition) is 2. The van der Waals surface area contributed by atoms with Crippen LogP contribution in [-0.4, -0.2) is 49.6 Å². The molecule has 166 valence electrons. The number of carbonyl (C=O) groups is 1. The van der Waals surface area contributed by atoms with Crippen LogP contribution in [0.15, 0.2) is 18.7 Å². The highest BCUT2D eigenvalue weighted by molar-refractivity contribution is 6.38. The number of nitrogens with zero attached hydrogens (tertiary/aromatic N) is 1. The predicted molar refractivity (Wildman–Crippen MR) is 119 cm³/mol. The second-order valence-corrected chi connectivity index (χ2v) is 8.55. The molecule has 2 N–H and O–H groups in total. The highest BCUT2D eigenvalue weighted by Gasteiger charge is 2.37. The van der Waals surface area contributed by atoms with E-state index in [-0.39, 0.29) is 23.8 Å². The first-order valence-corrected chi connectivity index (χ1v) is 10.9. The predicted octanol–water partition coefficient (Wildman–Crippen LogP) is 3.79. The summed E-state index contributed by atoms with van der Waals surface area (Å²) in [6.45, 7) is 4.51. The van der Waals surface area contributed by atoms with E-state index in [1.165, 1.54) is 11.6 Å². The van der Waals surface area contributed by atoms with Gasteiger partial charge in [0.1, 0.15) is 11.5 Å². The van der Waals surface area contributed by atoms with Gasteiger partial charge in [-0.2, -0.15) is 5.10 Å². The summed E-state index contributed by atoms with van der Waals surface area (Å²) < 4.78 is 16.5. The van der Waals surface area contributed by atoms with E-state index >= 15 is 0 Å². The third kappa shape index (κ3) is 4.02. The Hall–Kier alpha value is -2.22. The molecule has 1 fully saturated rings. The zero-order chi connectivity index (χ0) is 22.1. The van der Waals surface area contributed by atoms with Gasteiger partial charge < -0.3 is 19.5 Å². The molecule has 1 amide bonds. The number of methoxy groups -OCH3 is 2. The van der Waals surface area contributed by atoms with Crippen LogP contribution in [0.25, 0.3) is 0 Å². The number of hydrogen-bond acceptors (Lipinski definition) is 5. The van der Waals surface area contributed by atoms with Crippen molar-refractivity contribution in [3.63, 3.8) is 0 Å². The topological polar surface area (TPSA) is 85.5 Å². The summed E-state index contributed by atoms with van der Waals surface area (Å²) in [6, 6.07) is 1.58. The van der Waals surface area contributed by atoms with Crippen LogP contribution in [0.3, 0.4) is 0 Å². The second kappa shape index (κ2) is 9.10. The van der Waals surface area contributed by atoms with Gasteiger partial charge in [0.05, 0.1) is 49.2 Å². The molecule has 0 unspecified atom stereocenters. The summed E-state index contributed by atoms with van der Waals surface area (Å²) in [5.74, 6) is 0.975. The molecule has 1 aromatic heterocycles. The molecule has 0 bridgehead atoms. The van der Waals surface area contributed by atoms with Gasteiger partial charge in [-0.15, -0.1) is 0 Å². The van der Waals surface area contributed by atoms with Crippen LogP contribution >= 0.6 is 23.2 Å². The highest BCUT2D eigenvalue weighted by atomic mass is 35.5. The van der Waals surface area contributed by atoms with Gasteiger partial charge in [-0.05, 0) is 36.8 Å². The lowest BCUT2D eigenvalue weighted by atomic mass is 9.80. The smallest absolute Gasteiger partial charge is 0.243 e. The van der Waals surface area contributed by atoms with E-state index in [1.807, 2.05) is 0 Å². The Labute approximate surface area is 191 Å². The van der Waals surface area contributed by atoms with Gasteiger partial charge in [-0.1, -0.05) is 29.8 Å². The zero-order valence-corrected chi connectivity index (χ0v) is 19.0. The van der Waals surface area contributed by atoms with Gasteiger partial charge in [0.25, 0.3) is 0 Å². The summed E-state index contributed by atoms with van der Waals surface area (Å²) in [5.41, 5.74) is 4.04. The zero-order valence-electron chi connectivity index (χ0n) is 17.5. The summed E-state index contributed by atoms with van der Waals surface area (Å²) in [7, 11) is 3.15. The van der Waals surface area contributed by atoms with Crippen molar-refractivity contribution >= 4 is 29.1 Å². The fourth-order valence-corrected chi connectivity index (χ4v) is 5.37. The Morgan fingerprint density at radius 2 is 2.00 bits per heavy atom. The minimum Gasteiger partial charge on any atom is -0.495 e. The molecule has 2 aliphatic rings. The lowest BCUT2D eigenvalue weighted by Crippen LogP contribution is -2.38. The molecule has 0 spiro atoms. The third-order valence-electron chi connectivity index (χ3n) is 6.14. The Kier molecular flexibility index (Phi) is 6.46. The molecule has 7 nitrogen and oxygen atoms in total. The Balaban J connectivity index is 1.61. The van der Waals surface area contributed by atoms with Gasteiger partial charge >= 0.3 is 0 Å². The lowest BCUT2D eigenvalue weighted by Gasteiger charge is -2.27. The first kappa shape index (κ1) is 22.0. The van der Waals surface area contributed by atoms with Crippen LogP contribution < -0.4 is 14.8 Å². The molecular weight excluding hydrogens is 441 g/mol. The summed E-state index contributed by atoms with van der Waals surface area (Å²) >= 11 is 13.3. The fraction of sp³-hybridized carbons (Fsp3) is 0.455. The van der Waals surface area contributed by atoms with Crippen molar-refractivity contribution in [2.45, 2.75) is 37.1 Å². The molecule has 0 saturated carbocycles. The van der Waals surface area contributed by atoms with Gasteiger partial charge in [0.15, 0.2) is 0 Å². The van der Waals surface area contributed by atoms with Gasteiger partial charge in [-0.3, -0.25) is 9.89 Å². The number of halogens is 2. The van der Waals surface area contributed by atoms with Crippen LogP contribution in [0.4, 0.5) is 0 Å². The number of fused-ring (bicyclic) bond motifs is 1. The van der Waals surface area contributed by atoms with Crippen molar-refractivity contribution in [1.29, 1.82) is 0 Å². The van der Waals surface area contributed by atoms with Gasteiger partial charge in [0.2, 0.25) is 5.91 Å². The van der Waals surface area contributed by atoms with E-state index in [2.05, 4.69) is 22.1 Å². The third-order valence-corrected chi connectivity index (χ3v) is 6.92. The molecule has 1 aliphatic heterocycles. The first-order valence-electron chi connectivity index (χ1n) is 10.1. The normalized spacial score (nSPS) is 22.6. The number of carbonyl (C=O) groups excluding carboxylic acids is 1. The molecule has 4 rings (SSSR count). The monoisotopic (exact) mass is 465 g/mol. The Bertz CT molecular complexity index is 979. The minimum atomic E-state index is -0.207. The minimum absolute atomic E-state index is 0.00420. The molecule has 1 aliphatic carbocycles.